The smallest absolute Gasteiger partial charge is 0.116 e. The fraction of sp³-hybridized carbons (Fsp3) is 0.100. The van der Waals surface area contributed by atoms with Gasteiger partial charge in [0.05, 0.1) is 0 Å². The molecule has 1 atom stereocenters. The van der Waals surface area contributed by atoms with Gasteiger partial charge in [0, 0.05) is 23.4 Å². The first-order valence-electron chi connectivity index (χ1n) is 4.07. The van der Waals surface area contributed by atoms with E-state index in [0.29, 0.717) is 0 Å². The molecule has 0 fully saturated rings. The largest absolute Gasteiger partial charge is 0.508 e. The summed E-state index contributed by atoms with van der Waals surface area (Å²) in [6.45, 7) is 0. The predicted molar refractivity (Wildman–Crippen MR) is 56.8 cm³/mol. The van der Waals surface area contributed by atoms with Crippen molar-refractivity contribution in [1.29, 1.82) is 0 Å². The highest BCUT2D eigenvalue weighted by atomic mass is 31.0. The molecule has 0 amide bonds. The minimum atomic E-state index is 0.285. The van der Waals surface area contributed by atoms with E-state index < -0.39 is 0 Å². The summed E-state index contributed by atoms with van der Waals surface area (Å²) >= 11 is 0. The molecule has 0 bridgehead atoms. The maximum Gasteiger partial charge on any atom is 0.116 e. The molecule has 2 aromatic rings. The number of phenols is 1. The van der Waals surface area contributed by atoms with E-state index in [1.54, 1.807) is 18.3 Å². The van der Waals surface area contributed by atoms with E-state index in [-0.39, 0.29) is 5.75 Å². The van der Waals surface area contributed by atoms with E-state index in [9.17, 15) is 5.11 Å². The Morgan fingerprint density at radius 3 is 2.85 bits per heavy atom. The summed E-state index contributed by atoms with van der Waals surface area (Å²) in [5.41, 5.74) is 1.04. The van der Waals surface area contributed by atoms with Crippen LogP contribution < -0.4 is 0 Å². The molecule has 0 aliphatic carbocycles. The monoisotopic (exact) mass is 191 g/mol. The predicted octanol–water partition coefficient (Wildman–Crippen LogP) is 2.32. The van der Waals surface area contributed by atoms with Crippen LogP contribution in [0, 0.1) is 0 Å². The molecule has 0 aliphatic heterocycles. The fourth-order valence-electron chi connectivity index (χ4n) is 1.29. The lowest BCUT2D eigenvalue weighted by atomic mass is 10.1. The highest BCUT2D eigenvalue weighted by molar-refractivity contribution is 7.15. The van der Waals surface area contributed by atoms with Crippen molar-refractivity contribution in [2.24, 2.45) is 0 Å². The summed E-state index contributed by atoms with van der Waals surface area (Å²) in [6, 6.07) is 7.34. The van der Waals surface area contributed by atoms with Gasteiger partial charge < -0.3 is 5.11 Å². The molecule has 2 nitrogen and oxygen atoms in total. The molecule has 1 aromatic carbocycles. The third kappa shape index (κ3) is 1.63. The Morgan fingerprint density at radius 2 is 2.08 bits per heavy atom. The normalized spacial score (nSPS) is 10.5. The summed E-state index contributed by atoms with van der Waals surface area (Å²) in [4.78, 5) is 4.23. The molecular weight excluding hydrogens is 181 g/mol. The summed E-state index contributed by atoms with van der Waals surface area (Å²) in [7, 11) is 2.64. The average molecular weight is 191 g/mol. The quantitative estimate of drug-likeness (QED) is 0.701. The fourth-order valence-corrected chi connectivity index (χ4v) is 1.51. The van der Waals surface area contributed by atoms with Crippen LogP contribution in [-0.4, -0.2) is 10.1 Å². The van der Waals surface area contributed by atoms with Crippen molar-refractivity contribution in [3.8, 4) is 5.75 Å². The van der Waals surface area contributed by atoms with Gasteiger partial charge in [-0.1, -0.05) is 6.07 Å². The number of pyridine rings is 1. The minimum Gasteiger partial charge on any atom is -0.508 e. The maximum absolute atomic E-state index is 9.22. The van der Waals surface area contributed by atoms with Crippen LogP contribution in [0.2, 0.25) is 0 Å². The number of hydrogen-bond donors (Lipinski definition) is 1. The second-order valence-electron chi connectivity index (χ2n) is 2.91. The lowest BCUT2D eigenvalue weighted by Gasteiger charge is -2.00. The number of benzene rings is 1. The Balaban J connectivity index is 2.66. The third-order valence-electron chi connectivity index (χ3n) is 1.97. The Labute approximate surface area is 78.8 Å². The maximum atomic E-state index is 9.22. The molecule has 0 saturated heterocycles. The van der Waals surface area contributed by atoms with Gasteiger partial charge in [-0.25, -0.2) is 0 Å². The van der Waals surface area contributed by atoms with Crippen molar-refractivity contribution < 1.29 is 5.11 Å². The van der Waals surface area contributed by atoms with Crippen LogP contribution in [0.5, 0.6) is 5.75 Å². The van der Waals surface area contributed by atoms with Gasteiger partial charge in [-0.2, -0.15) is 0 Å². The standard InChI is InChI=1S/C10H10NOP/c12-10-2-1-7-3-9(6-13)11-5-8(7)4-10/h1-5,12H,6,13H2. The topological polar surface area (TPSA) is 33.1 Å². The molecule has 2 rings (SSSR count). The Hall–Kier alpha value is -1.14. The molecule has 1 heterocycles. The highest BCUT2D eigenvalue weighted by Crippen LogP contribution is 2.20. The number of fused-ring (bicyclic) bond motifs is 1. The van der Waals surface area contributed by atoms with Crippen LogP contribution >= 0.6 is 9.24 Å². The van der Waals surface area contributed by atoms with Crippen molar-refractivity contribution in [3.05, 3.63) is 36.2 Å². The Bertz CT molecular complexity index is 442. The number of rotatable bonds is 1. The zero-order valence-electron chi connectivity index (χ0n) is 7.07. The van der Waals surface area contributed by atoms with E-state index in [2.05, 4.69) is 14.2 Å². The van der Waals surface area contributed by atoms with E-state index in [4.69, 9.17) is 0 Å². The average Bonchev–Trinajstić information content (AvgIpc) is 2.17. The SMILES string of the molecule is Oc1ccc2cc(CP)ncc2c1. The van der Waals surface area contributed by atoms with Gasteiger partial charge >= 0.3 is 0 Å². The van der Waals surface area contributed by atoms with Gasteiger partial charge in [0.2, 0.25) is 0 Å². The molecular formula is C10H10NOP. The van der Waals surface area contributed by atoms with Crippen molar-refractivity contribution >= 4 is 20.0 Å². The molecule has 0 saturated carbocycles. The summed E-state index contributed by atoms with van der Waals surface area (Å²) in [5.74, 6) is 0.285. The Morgan fingerprint density at radius 1 is 1.23 bits per heavy atom. The number of aromatic nitrogens is 1. The zero-order valence-corrected chi connectivity index (χ0v) is 8.22. The summed E-state index contributed by atoms with van der Waals surface area (Å²) in [5, 5.41) is 11.3. The molecule has 1 N–H and O–H groups in total. The molecule has 1 aromatic heterocycles. The first kappa shape index (κ1) is 8.46. The number of nitrogens with zero attached hydrogens (tertiary/aromatic N) is 1. The first-order chi connectivity index (χ1) is 6.29. The van der Waals surface area contributed by atoms with Crippen LogP contribution in [0.3, 0.4) is 0 Å². The van der Waals surface area contributed by atoms with Crippen LogP contribution in [0.15, 0.2) is 30.5 Å². The van der Waals surface area contributed by atoms with Crippen LogP contribution in [0.25, 0.3) is 10.8 Å². The van der Waals surface area contributed by atoms with Crippen LogP contribution in [0.4, 0.5) is 0 Å². The van der Waals surface area contributed by atoms with Crippen LogP contribution in [-0.2, 0) is 6.16 Å². The van der Waals surface area contributed by atoms with Gasteiger partial charge in [-0.3, -0.25) is 4.98 Å². The molecule has 0 aliphatic rings. The molecule has 3 heteroatoms. The second kappa shape index (κ2) is 3.31. The molecule has 13 heavy (non-hydrogen) atoms. The summed E-state index contributed by atoms with van der Waals surface area (Å²) < 4.78 is 0. The molecule has 0 spiro atoms. The molecule has 1 unspecified atom stereocenters. The number of hydrogen-bond acceptors (Lipinski definition) is 2. The number of phenolic OH excluding ortho intramolecular Hbond substituents is 1. The lowest BCUT2D eigenvalue weighted by Crippen LogP contribution is -1.83. The lowest BCUT2D eigenvalue weighted by molar-refractivity contribution is 0.476. The molecule has 66 valence electrons. The van der Waals surface area contributed by atoms with Gasteiger partial charge in [-0.05, 0) is 23.6 Å². The Kier molecular flexibility index (Phi) is 2.15. The summed E-state index contributed by atoms with van der Waals surface area (Å²) in [6.07, 6.45) is 2.64. The first-order valence-corrected chi connectivity index (χ1v) is 4.89. The van der Waals surface area contributed by atoms with E-state index in [1.165, 1.54) is 0 Å². The van der Waals surface area contributed by atoms with E-state index in [1.807, 2.05) is 12.1 Å². The van der Waals surface area contributed by atoms with Crippen LogP contribution in [0.1, 0.15) is 5.69 Å². The van der Waals surface area contributed by atoms with Gasteiger partial charge in [0.25, 0.3) is 0 Å². The van der Waals surface area contributed by atoms with Gasteiger partial charge in [0.15, 0.2) is 0 Å². The molecule has 0 radical (unpaired) electrons. The van der Waals surface area contributed by atoms with E-state index >= 15 is 0 Å². The van der Waals surface area contributed by atoms with Crippen molar-refractivity contribution in [2.45, 2.75) is 6.16 Å². The van der Waals surface area contributed by atoms with Crippen molar-refractivity contribution in [3.63, 3.8) is 0 Å². The van der Waals surface area contributed by atoms with Gasteiger partial charge in [-0.15, -0.1) is 9.24 Å². The minimum absolute atomic E-state index is 0.285. The van der Waals surface area contributed by atoms with Gasteiger partial charge in [0.1, 0.15) is 5.75 Å². The second-order valence-corrected chi connectivity index (χ2v) is 3.32. The van der Waals surface area contributed by atoms with Crippen molar-refractivity contribution in [1.82, 2.24) is 4.98 Å². The third-order valence-corrected chi connectivity index (χ3v) is 2.39. The number of aromatic hydroxyl groups is 1. The van der Waals surface area contributed by atoms with E-state index in [0.717, 1.165) is 22.6 Å². The zero-order chi connectivity index (χ0) is 9.26. The van der Waals surface area contributed by atoms with Crippen molar-refractivity contribution in [2.75, 3.05) is 0 Å². The highest BCUT2D eigenvalue weighted by Gasteiger charge is 1.96.